The molecule has 2 heterocycles. The normalized spacial score (nSPS) is 19.9. The van der Waals surface area contributed by atoms with Crippen LogP contribution in [0.5, 0.6) is 0 Å². The van der Waals surface area contributed by atoms with Crippen LogP contribution in [0.3, 0.4) is 0 Å². The molecule has 0 unspecified atom stereocenters. The van der Waals surface area contributed by atoms with Gasteiger partial charge in [0.1, 0.15) is 0 Å². The molecule has 19 heavy (non-hydrogen) atoms. The monoisotopic (exact) mass is 259 g/mol. The third kappa shape index (κ3) is 2.38. The minimum Gasteiger partial charge on any atom is -0.315 e. The average Bonchev–Trinajstić information content (AvgIpc) is 2.66. The molecule has 0 aromatic heterocycles. The van der Waals surface area contributed by atoms with Crippen molar-refractivity contribution in [3.8, 4) is 0 Å². The number of likely N-dealkylation sites (N-methyl/N-ethyl adjacent to an activating group) is 1. The zero-order chi connectivity index (χ0) is 13.4. The third-order valence-corrected chi connectivity index (χ3v) is 4.07. The van der Waals surface area contributed by atoms with E-state index in [4.69, 9.17) is 0 Å². The largest absolute Gasteiger partial charge is 0.315 e. The molecular formula is C15H21N3O. The number of nitrogens with one attached hydrogen (secondary N) is 1. The molecule has 1 amide bonds. The highest BCUT2D eigenvalue weighted by molar-refractivity contribution is 6.01. The maximum absolute atomic E-state index is 11.9. The minimum atomic E-state index is 0.210. The molecule has 1 aromatic rings. The van der Waals surface area contributed by atoms with Crippen LogP contribution in [0.4, 0.5) is 5.69 Å². The van der Waals surface area contributed by atoms with E-state index in [9.17, 15) is 4.79 Å². The Labute approximate surface area is 114 Å². The number of carbonyl (C=O) groups excluding carboxylic acids is 1. The van der Waals surface area contributed by atoms with Crippen molar-refractivity contribution in [3.05, 3.63) is 28.8 Å². The van der Waals surface area contributed by atoms with E-state index in [0.717, 1.165) is 38.4 Å². The summed E-state index contributed by atoms with van der Waals surface area (Å²) >= 11 is 0. The van der Waals surface area contributed by atoms with Crippen LogP contribution in [-0.4, -0.2) is 44.0 Å². The van der Waals surface area contributed by atoms with Gasteiger partial charge in [0.25, 0.3) is 0 Å². The molecule has 0 saturated carbocycles. The van der Waals surface area contributed by atoms with Gasteiger partial charge in [-0.25, -0.2) is 0 Å². The summed E-state index contributed by atoms with van der Waals surface area (Å²) in [5, 5.41) is 3.37. The molecule has 102 valence electrons. The predicted octanol–water partition coefficient (Wildman–Crippen LogP) is 0.919. The molecule has 4 nitrogen and oxygen atoms in total. The Morgan fingerprint density at radius 3 is 2.74 bits per heavy atom. The van der Waals surface area contributed by atoms with Crippen molar-refractivity contribution < 1.29 is 4.79 Å². The molecule has 1 aromatic carbocycles. The van der Waals surface area contributed by atoms with Crippen LogP contribution in [0.1, 0.15) is 16.7 Å². The summed E-state index contributed by atoms with van der Waals surface area (Å²) in [5.41, 5.74) is 4.89. The fraction of sp³-hybridized carbons (Fsp3) is 0.533. The Morgan fingerprint density at radius 1 is 1.26 bits per heavy atom. The highest BCUT2D eigenvalue weighted by atomic mass is 16.2. The summed E-state index contributed by atoms with van der Waals surface area (Å²) in [5.74, 6) is 0.210. The molecule has 4 heteroatoms. The van der Waals surface area contributed by atoms with Crippen LogP contribution in [0.25, 0.3) is 0 Å². The van der Waals surface area contributed by atoms with Gasteiger partial charge in [-0.2, -0.15) is 0 Å². The lowest BCUT2D eigenvalue weighted by Gasteiger charge is -2.28. The average molecular weight is 259 g/mol. The van der Waals surface area contributed by atoms with E-state index in [1.807, 2.05) is 11.9 Å². The predicted molar refractivity (Wildman–Crippen MR) is 76.4 cm³/mol. The Balaban J connectivity index is 1.90. The second kappa shape index (κ2) is 4.94. The minimum absolute atomic E-state index is 0.210. The first kappa shape index (κ1) is 12.6. The number of piperazine rings is 1. The first-order valence-electron chi connectivity index (χ1n) is 6.97. The van der Waals surface area contributed by atoms with Crippen molar-refractivity contribution in [2.75, 3.05) is 38.1 Å². The second-order valence-corrected chi connectivity index (χ2v) is 5.59. The van der Waals surface area contributed by atoms with E-state index >= 15 is 0 Å². The number of hydrogen-bond donors (Lipinski definition) is 1. The first-order valence-corrected chi connectivity index (χ1v) is 6.97. The summed E-state index contributed by atoms with van der Waals surface area (Å²) in [4.78, 5) is 16.2. The smallest absolute Gasteiger partial charge is 0.231 e. The Morgan fingerprint density at radius 2 is 2.00 bits per heavy atom. The van der Waals surface area contributed by atoms with Crippen LogP contribution in [0, 0.1) is 6.92 Å². The molecule has 0 aliphatic carbocycles. The molecule has 1 N–H and O–H groups in total. The van der Waals surface area contributed by atoms with Crippen LogP contribution in [-0.2, 0) is 17.8 Å². The van der Waals surface area contributed by atoms with Crippen LogP contribution in [0.15, 0.2) is 12.1 Å². The molecule has 2 aliphatic rings. The van der Waals surface area contributed by atoms with Crippen molar-refractivity contribution >= 4 is 11.6 Å². The van der Waals surface area contributed by atoms with Gasteiger partial charge in [-0.1, -0.05) is 17.7 Å². The number of fused-ring (bicyclic) bond motifs is 1. The van der Waals surface area contributed by atoms with E-state index in [0.29, 0.717) is 6.42 Å². The second-order valence-electron chi connectivity index (χ2n) is 5.59. The third-order valence-electron chi connectivity index (χ3n) is 4.07. The van der Waals surface area contributed by atoms with E-state index < -0.39 is 0 Å². The summed E-state index contributed by atoms with van der Waals surface area (Å²) in [6.07, 6.45) is 0.558. The molecule has 0 spiro atoms. The van der Waals surface area contributed by atoms with Gasteiger partial charge in [0.15, 0.2) is 0 Å². The van der Waals surface area contributed by atoms with Gasteiger partial charge in [0, 0.05) is 39.8 Å². The standard InChI is InChI=1S/C15H21N3O/c1-11-7-12-9-14(19)17(2)15(12)13(8-11)10-18-5-3-16-4-6-18/h7-8,16H,3-6,9-10H2,1-2H3. The van der Waals surface area contributed by atoms with E-state index in [-0.39, 0.29) is 5.91 Å². The quantitative estimate of drug-likeness (QED) is 0.858. The number of nitrogens with zero attached hydrogens (tertiary/aromatic N) is 2. The number of hydrogen-bond acceptors (Lipinski definition) is 3. The van der Waals surface area contributed by atoms with Gasteiger partial charge >= 0.3 is 0 Å². The number of anilines is 1. The van der Waals surface area contributed by atoms with Crippen molar-refractivity contribution in [1.29, 1.82) is 0 Å². The highest BCUT2D eigenvalue weighted by Gasteiger charge is 2.27. The zero-order valence-electron chi connectivity index (χ0n) is 11.7. The number of amides is 1. The topological polar surface area (TPSA) is 35.6 Å². The highest BCUT2D eigenvalue weighted by Crippen LogP contribution is 2.33. The Bertz CT molecular complexity index is 506. The molecule has 2 aliphatic heterocycles. The van der Waals surface area contributed by atoms with Crippen molar-refractivity contribution in [1.82, 2.24) is 10.2 Å². The van der Waals surface area contributed by atoms with Crippen LogP contribution < -0.4 is 10.2 Å². The molecule has 1 saturated heterocycles. The Hall–Kier alpha value is -1.39. The summed E-state index contributed by atoms with van der Waals surface area (Å²) in [6, 6.07) is 4.38. The summed E-state index contributed by atoms with van der Waals surface area (Å²) in [7, 11) is 1.89. The van der Waals surface area contributed by atoms with Crippen LogP contribution >= 0.6 is 0 Å². The molecular weight excluding hydrogens is 238 g/mol. The lowest BCUT2D eigenvalue weighted by molar-refractivity contribution is -0.117. The fourth-order valence-corrected chi connectivity index (χ4v) is 3.14. The summed E-state index contributed by atoms with van der Waals surface area (Å²) in [6.45, 7) is 7.35. The first-order chi connectivity index (χ1) is 9.15. The van der Waals surface area contributed by atoms with E-state index in [1.54, 1.807) is 0 Å². The molecule has 1 fully saturated rings. The molecule has 0 bridgehead atoms. The Kier molecular flexibility index (Phi) is 3.29. The number of aryl methyl sites for hydroxylation is 1. The van der Waals surface area contributed by atoms with Gasteiger partial charge in [0.05, 0.1) is 12.1 Å². The van der Waals surface area contributed by atoms with Crippen molar-refractivity contribution in [2.24, 2.45) is 0 Å². The fourth-order valence-electron chi connectivity index (χ4n) is 3.14. The van der Waals surface area contributed by atoms with Gasteiger partial charge < -0.3 is 10.2 Å². The lowest BCUT2D eigenvalue weighted by atomic mass is 10.0. The maximum atomic E-state index is 11.9. The van der Waals surface area contributed by atoms with E-state index in [1.165, 1.54) is 16.7 Å². The van der Waals surface area contributed by atoms with Gasteiger partial charge in [0.2, 0.25) is 5.91 Å². The lowest BCUT2D eigenvalue weighted by Crippen LogP contribution is -2.43. The summed E-state index contributed by atoms with van der Waals surface area (Å²) < 4.78 is 0. The van der Waals surface area contributed by atoms with Gasteiger partial charge in [-0.15, -0.1) is 0 Å². The van der Waals surface area contributed by atoms with Gasteiger partial charge in [-0.3, -0.25) is 9.69 Å². The van der Waals surface area contributed by atoms with Gasteiger partial charge in [-0.05, 0) is 18.1 Å². The number of benzene rings is 1. The number of rotatable bonds is 2. The van der Waals surface area contributed by atoms with E-state index in [2.05, 4.69) is 29.3 Å². The molecule has 0 atom stereocenters. The zero-order valence-corrected chi connectivity index (χ0v) is 11.7. The molecule has 3 rings (SSSR count). The molecule has 0 radical (unpaired) electrons. The maximum Gasteiger partial charge on any atom is 0.231 e. The SMILES string of the molecule is Cc1cc2c(c(CN3CCNCC3)c1)N(C)C(=O)C2. The van der Waals surface area contributed by atoms with Crippen molar-refractivity contribution in [2.45, 2.75) is 19.9 Å². The van der Waals surface area contributed by atoms with Crippen LogP contribution in [0.2, 0.25) is 0 Å². The van der Waals surface area contributed by atoms with Crippen molar-refractivity contribution in [3.63, 3.8) is 0 Å². The number of carbonyl (C=O) groups is 1.